The lowest BCUT2D eigenvalue weighted by atomic mass is 10.5. The lowest BCUT2D eigenvalue weighted by Gasteiger charge is -1.96. The SMILES string of the molecule is CC.CC.CC(C)OC=O.NC(=O)S.NC(=O)S. The van der Waals surface area contributed by atoms with Crippen molar-refractivity contribution in [3.63, 3.8) is 0 Å². The lowest BCUT2D eigenvalue weighted by molar-refractivity contribution is -0.131. The van der Waals surface area contributed by atoms with Crippen LogP contribution in [-0.4, -0.2) is 23.1 Å². The Labute approximate surface area is 121 Å². The van der Waals surface area contributed by atoms with Crippen molar-refractivity contribution in [1.29, 1.82) is 0 Å². The molecule has 0 heterocycles. The minimum Gasteiger partial charge on any atom is -0.465 e. The Balaban J connectivity index is -0.0000000420. The van der Waals surface area contributed by atoms with Gasteiger partial charge in [0.25, 0.3) is 17.0 Å². The average Bonchev–Trinajstić information content (AvgIpc) is 2.21. The van der Waals surface area contributed by atoms with E-state index < -0.39 is 10.5 Å². The van der Waals surface area contributed by atoms with E-state index in [1.165, 1.54) is 0 Å². The van der Waals surface area contributed by atoms with Gasteiger partial charge in [-0.15, -0.1) is 0 Å². The molecule has 112 valence electrons. The molecule has 0 saturated carbocycles. The predicted molar refractivity (Wildman–Crippen MR) is 82.1 cm³/mol. The van der Waals surface area contributed by atoms with Gasteiger partial charge in [0.2, 0.25) is 0 Å². The highest BCUT2D eigenvalue weighted by Crippen LogP contribution is 1.79. The fourth-order valence-electron chi connectivity index (χ4n) is 0.111. The number of rotatable bonds is 2. The van der Waals surface area contributed by atoms with Crippen molar-refractivity contribution >= 4 is 42.2 Å². The first-order valence-corrected chi connectivity index (χ1v) is 6.19. The zero-order valence-corrected chi connectivity index (χ0v) is 13.6. The van der Waals surface area contributed by atoms with Gasteiger partial charge in [-0.05, 0) is 13.8 Å². The summed E-state index contributed by atoms with van der Waals surface area (Å²) in [5.41, 5.74) is 8.67. The summed E-state index contributed by atoms with van der Waals surface area (Å²) in [6.45, 7) is 12.0. The zero-order chi connectivity index (χ0) is 16.1. The van der Waals surface area contributed by atoms with Crippen molar-refractivity contribution in [2.45, 2.75) is 47.6 Å². The monoisotopic (exact) mass is 302 g/mol. The second kappa shape index (κ2) is 36.0. The zero-order valence-electron chi connectivity index (χ0n) is 11.8. The second-order valence-electron chi connectivity index (χ2n) is 1.96. The maximum atomic E-state index is 9.39. The van der Waals surface area contributed by atoms with Gasteiger partial charge in [-0.2, -0.15) is 0 Å². The summed E-state index contributed by atoms with van der Waals surface area (Å²) in [6, 6.07) is 0. The third-order valence-electron chi connectivity index (χ3n) is 0.328. The first-order valence-electron chi connectivity index (χ1n) is 5.29. The van der Waals surface area contributed by atoms with Crippen molar-refractivity contribution in [1.82, 2.24) is 0 Å². The molecule has 6 nitrogen and oxygen atoms in total. The van der Waals surface area contributed by atoms with Gasteiger partial charge in [-0.3, -0.25) is 14.4 Å². The maximum absolute atomic E-state index is 9.39. The largest absolute Gasteiger partial charge is 0.465 e. The van der Waals surface area contributed by atoms with Gasteiger partial charge >= 0.3 is 0 Å². The van der Waals surface area contributed by atoms with Gasteiger partial charge in [0.05, 0.1) is 6.10 Å². The molecule has 0 rings (SSSR count). The number of amides is 2. The molecule has 0 aliphatic carbocycles. The van der Waals surface area contributed by atoms with Crippen LogP contribution in [0.3, 0.4) is 0 Å². The van der Waals surface area contributed by atoms with Gasteiger partial charge < -0.3 is 16.2 Å². The molecule has 0 aliphatic heterocycles. The van der Waals surface area contributed by atoms with E-state index in [1.807, 2.05) is 27.7 Å². The lowest BCUT2D eigenvalue weighted by Crippen LogP contribution is -1.98. The van der Waals surface area contributed by atoms with Crippen molar-refractivity contribution < 1.29 is 19.1 Å². The van der Waals surface area contributed by atoms with E-state index in [9.17, 15) is 4.79 Å². The first kappa shape index (κ1) is 30.3. The number of thiol groups is 2. The molecular weight excluding hydrogens is 276 g/mol. The molecule has 0 atom stereocenters. The van der Waals surface area contributed by atoms with Crippen LogP contribution in [0.1, 0.15) is 41.5 Å². The highest BCUT2D eigenvalue weighted by molar-refractivity contribution is 7.96. The summed E-state index contributed by atoms with van der Waals surface area (Å²) in [7, 11) is 0. The number of hydrogen-bond donors (Lipinski definition) is 4. The molecule has 2 amide bonds. The van der Waals surface area contributed by atoms with Gasteiger partial charge in [0.15, 0.2) is 0 Å². The third-order valence-corrected chi connectivity index (χ3v) is 0.328. The minimum atomic E-state index is -0.639. The van der Waals surface area contributed by atoms with Gasteiger partial charge in [-0.25, -0.2) is 0 Å². The van der Waals surface area contributed by atoms with E-state index in [0.717, 1.165) is 0 Å². The second-order valence-corrected chi connectivity index (χ2v) is 2.84. The van der Waals surface area contributed by atoms with Crippen LogP contribution in [0, 0.1) is 0 Å². The smallest absolute Gasteiger partial charge is 0.293 e. The van der Waals surface area contributed by atoms with E-state index in [2.05, 4.69) is 41.5 Å². The molecule has 0 spiro atoms. The molecule has 0 unspecified atom stereocenters. The van der Waals surface area contributed by atoms with Crippen LogP contribution in [0.15, 0.2) is 0 Å². The fraction of sp³-hybridized carbons (Fsp3) is 0.700. The van der Waals surface area contributed by atoms with Crippen LogP contribution in [-0.2, 0) is 9.53 Å². The van der Waals surface area contributed by atoms with Crippen LogP contribution in [0.2, 0.25) is 0 Å². The van der Waals surface area contributed by atoms with Crippen molar-refractivity contribution in [3.05, 3.63) is 0 Å². The van der Waals surface area contributed by atoms with Crippen LogP contribution in [0.5, 0.6) is 0 Å². The molecule has 8 heteroatoms. The van der Waals surface area contributed by atoms with Crippen molar-refractivity contribution in [2.75, 3.05) is 0 Å². The van der Waals surface area contributed by atoms with Crippen LogP contribution >= 0.6 is 25.3 Å². The van der Waals surface area contributed by atoms with Gasteiger partial charge in [-0.1, -0.05) is 53.0 Å². The molecular formula is C10H26N2O4S2. The van der Waals surface area contributed by atoms with Gasteiger partial charge in [0, 0.05) is 0 Å². The molecule has 0 radical (unpaired) electrons. The highest BCUT2D eigenvalue weighted by Gasteiger charge is 1.83. The van der Waals surface area contributed by atoms with Crippen molar-refractivity contribution in [2.24, 2.45) is 11.5 Å². The summed E-state index contributed by atoms with van der Waals surface area (Å²) < 4.78 is 4.36. The number of ether oxygens (including phenoxy) is 1. The average molecular weight is 302 g/mol. The Bertz CT molecular complexity index is 159. The number of carbonyl (C=O) groups is 3. The Morgan fingerprint density at radius 2 is 1.17 bits per heavy atom. The third kappa shape index (κ3) is 676. The normalized spacial score (nSPS) is 6.28. The van der Waals surface area contributed by atoms with E-state index >= 15 is 0 Å². The summed E-state index contributed by atoms with van der Waals surface area (Å²) >= 11 is 6.21. The molecule has 0 aliphatic rings. The highest BCUT2D eigenvalue weighted by atomic mass is 32.1. The number of carbonyl (C=O) groups excluding carboxylic acids is 3. The fourth-order valence-corrected chi connectivity index (χ4v) is 0.111. The first-order chi connectivity index (χ1) is 8.23. The predicted octanol–water partition coefficient (Wildman–Crippen LogP) is 2.61. The molecule has 4 N–H and O–H groups in total. The number of nitrogens with two attached hydrogens (primary N) is 2. The summed E-state index contributed by atoms with van der Waals surface area (Å²) in [5, 5.41) is -1.28. The van der Waals surface area contributed by atoms with Crippen LogP contribution in [0.25, 0.3) is 0 Å². The molecule has 0 aromatic carbocycles. The molecule has 0 aromatic rings. The summed E-state index contributed by atoms with van der Waals surface area (Å²) in [4.78, 5) is 27.6. The summed E-state index contributed by atoms with van der Waals surface area (Å²) in [5.74, 6) is 0. The topological polar surface area (TPSA) is 112 Å². The molecule has 0 aromatic heterocycles. The van der Waals surface area contributed by atoms with E-state index in [1.54, 1.807) is 13.8 Å². The molecule has 0 fully saturated rings. The Morgan fingerprint density at radius 1 is 1.00 bits per heavy atom. The van der Waals surface area contributed by atoms with Crippen LogP contribution < -0.4 is 11.5 Å². The van der Waals surface area contributed by atoms with Crippen LogP contribution in [0.4, 0.5) is 9.59 Å². The standard InChI is InChI=1S/C4H8O2.2C2H6.2CH3NOS/c1-4(2)6-3-5;2*1-2;2*2-1(3)4/h3-4H,1-2H3;2*1-2H3;2*(H3,2,3,4). The van der Waals surface area contributed by atoms with Gasteiger partial charge in [0.1, 0.15) is 0 Å². The molecule has 0 bridgehead atoms. The molecule has 18 heavy (non-hydrogen) atoms. The van der Waals surface area contributed by atoms with E-state index in [0.29, 0.717) is 6.47 Å². The number of hydrogen-bond acceptors (Lipinski definition) is 4. The Kier molecular flexibility index (Phi) is 60.5. The van der Waals surface area contributed by atoms with E-state index in [-0.39, 0.29) is 6.10 Å². The molecule has 0 saturated heterocycles. The Hall–Kier alpha value is -0.890. The quantitative estimate of drug-likeness (QED) is 0.464. The summed E-state index contributed by atoms with van der Waals surface area (Å²) in [6.07, 6.45) is 0.0301. The van der Waals surface area contributed by atoms with Crippen molar-refractivity contribution in [3.8, 4) is 0 Å². The maximum Gasteiger partial charge on any atom is 0.293 e. The van der Waals surface area contributed by atoms with E-state index in [4.69, 9.17) is 9.59 Å². The minimum absolute atomic E-state index is 0.0301. The Morgan fingerprint density at radius 3 is 1.17 bits per heavy atom. The number of primary amides is 2.